The highest BCUT2D eigenvalue weighted by Gasteiger charge is 2.62. The first-order valence-corrected chi connectivity index (χ1v) is 9.46. The number of rotatable bonds is 2. The van der Waals surface area contributed by atoms with Gasteiger partial charge in [0.05, 0.1) is 13.2 Å². The molecule has 5 rings (SSSR count). The van der Waals surface area contributed by atoms with Crippen molar-refractivity contribution in [3.63, 3.8) is 0 Å². The molecule has 1 aliphatic carbocycles. The molecule has 1 fully saturated rings. The lowest BCUT2D eigenvalue weighted by molar-refractivity contribution is -0.0545. The zero-order valence-corrected chi connectivity index (χ0v) is 15.3. The van der Waals surface area contributed by atoms with Gasteiger partial charge in [0.25, 0.3) is 0 Å². The average molecular weight is 348 g/mol. The Kier molecular flexibility index (Phi) is 3.66. The Morgan fingerprint density at radius 2 is 1.77 bits per heavy atom. The van der Waals surface area contributed by atoms with E-state index in [-0.39, 0.29) is 11.6 Å². The van der Waals surface area contributed by atoms with Crippen molar-refractivity contribution < 1.29 is 9.57 Å². The Morgan fingerprint density at radius 3 is 2.54 bits per heavy atom. The van der Waals surface area contributed by atoms with Gasteiger partial charge in [0.2, 0.25) is 0 Å². The highest BCUT2D eigenvalue weighted by atomic mass is 16.6. The van der Waals surface area contributed by atoms with Crippen LogP contribution in [0.15, 0.2) is 53.7 Å². The maximum Gasteiger partial charge on any atom is 0.162 e. The minimum absolute atomic E-state index is 0.00861. The van der Waals surface area contributed by atoms with E-state index in [0.29, 0.717) is 5.92 Å². The number of morpholine rings is 1. The lowest BCUT2D eigenvalue weighted by Crippen LogP contribution is -2.58. The summed E-state index contributed by atoms with van der Waals surface area (Å²) in [6.45, 7) is 7.68. The predicted molar refractivity (Wildman–Crippen MR) is 102 cm³/mol. The molecule has 0 spiro atoms. The first kappa shape index (κ1) is 16.0. The topological polar surface area (TPSA) is 34.1 Å². The lowest BCUT2D eigenvalue weighted by Gasteiger charge is -2.43. The second-order valence-corrected chi connectivity index (χ2v) is 7.57. The van der Waals surface area contributed by atoms with Crippen LogP contribution in [0.1, 0.15) is 35.1 Å². The zero-order valence-electron chi connectivity index (χ0n) is 15.3. The van der Waals surface area contributed by atoms with Crippen molar-refractivity contribution >= 4 is 5.71 Å². The number of fused-ring (bicyclic) bond motifs is 3. The summed E-state index contributed by atoms with van der Waals surface area (Å²) in [5.74, 6) is 0.306. The van der Waals surface area contributed by atoms with Crippen LogP contribution in [-0.2, 0) is 15.1 Å². The van der Waals surface area contributed by atoms with Crippen LogP contribution < -0.4 is 0 Å². The molecule has 4 nitrogen and oxygen atoms in total. The molecule has 0 saturated carbocycles. The van der Waals surface area contributed by atoms with E-state index in [2.05, 4.69) is 72.4 Å². The number of benzene rings is 2. The molecule has 1 saturated heterocycles. The Hall–Kier alpha value is -2.17. The van der Waals surface area contributed by atoms with E-state index in [1.54, 1.807) is 0 Å². The second kappa shape index (κ2) is 5.93. The van der Waals surface area contributed by atoms with Crippen LogP contribution in [0.25, 0.3) is 0 Å². The standard InChI is InChI=1S/C22H24N2O2/c1-15-7-9-17(10-8-15)20-22(24-11-13-25-14-12-24)19-6-4-3-5-18(19)16(2)21(22)26-23-20/h3-10,16,21H,11-14H2,1-2H3/t16-,21+,22-/m0/s1. The smallest absolute Gasteiger partial charge is 0.162 e. The van der Waals surface area contributed by atoms with E-state index in [9.17, 15) is 0 Å². The zero-order chi connectivity index (χ0) is 17.7. The number of ether oxygens (including phenoxy) is 1. The molecule has 2 aromatic rings. The highest BCUT2D eigenvalue weighted by molar-refractivity contribution is 6.09. The highest BCUT2D eigenvalue weighted by Crippen LogP contribution is 2.54. The van der Waals surface area contributed by atoms with Gasteiger partial charge in [0.15, 0.2) is 6.10 Å². The van der Waals surface area contributed by atoms with Gasteiger partial charge in [-0.15, -0.1) is 0 Å². The van der Waals surface area contributed by atoms with Gasteiger partial charge < -0.3 is 9.57 Å². The molecule has 4 heteroatoms. The molecule has 2 aliphatic heterocycles. The monoisotopic (exact) mass is 348 g/mol. The number of hydrogen-bond acceptors (Lipinski definition) is 4. The van der Waals surface area contributed by atoms with Crippen LogP contribution >= 0.6 is 0 Å². The van der Waals surface area contributed by atoms with Gasteiger partial charge in [-0.3, -0.25) is 4.90 Å². The molecule has 0 radical (unpaired) electrons. The molecule has 0 amide bonds. The Labute approximate surface area is 154 Å². The van der Waals surface area contributed by atoms with Crippen LogP contribution in [0.2, 0.25) is 0 Å². The summed E-state index contributed by atoms with van der Waals surface area (Å²) >= 11 is 0. The first-order valence-electron chi connectivity index (χ1n) is 9.46. The average Bonchev–Trinajstić information content (AvgIpc) is 3.20. The van der Waals surface area contributed by atoms with Crippen LogP contribution in [0.3, 0.4) is 0 Å². The van der Waals surface area contributed by atoms with Gasteiger partial charge in [-0.1, -0.05) is 66.2 Å². The van der Waals surface area contributed by atoms with Gasteiger partial charge in [0, 0.05) is 24.6 Å². The fraction of sp³-hybridized carbons (Fsp3) is 0.409. The van der Waals surface area contributed by atoms with Crippen molar-refractivity contribution in [2.45, 2.75) is 31.4 Å². The minimum Gasteiger partial charge on any atom is -0.389 e. The van der Waals surface area contributed by atoms with Crippen LogP contribution in [0.4, 0.5) is 0 Å². The minimum atomic E-state index is -0.324. The second-order valence-electron chi connectivity index (χ2n) is 7.57. The van der Waals surface area contributed by atoms with Gasteiger partial charge in [-0.25, -0.2) is 0 Å². The van der Waals surface area contributed by atoms with Crippen LogP contribution in [0.5, 0.6) is 0 Å². The van der Waals surface area contributed by atoms with E-state index in [1.807, 2.05) is 0 Å². The summed E-state index contributed by atoms with van der Waals surface area (Å²) in [7, 11) is 0. The van der Waals surface area contributed by atoms with E-state index >= 15 is 0 Å². The van der Waals surface area contributed by atoms with E-state index in [1.165, 1.54) is 16.7 Å². The summed E-state index contributed by atoms with van der Waals surface area (Å²) in [5.41, 5.74) is 5.84. The van der Waals surface area contributed by atoms with Crippen LogP contribution in [0, 0.1) is 6.92 Å². The third-order valence-corrected chi connectivity index (χ3v) is 6.18. The van der Waals surface area contributed by atoms with E-state index in [0.717, 1.165) is 37.6 Å². The summed E-state index contributed by atoms with van der Waals surface area (Å²) in [6, 6.07) is 17.4. The summed E-state index contributed by atoms with van der Waals surface area (Å²) in [6.07, 6.45) is 0.00861. The van der Waals surface area contributed by atoms with Gasteiger partial charge in [0.1, 0.15) is 11.3 Å². The molecule has 0 N–H and O–H groups in total. The first-order chi connectivity index (χ1) is 12.7. The molecule has 2 heterocycles. The predicted octanol–water partition coefficient (Wildman–Crippen LogP) is 3.44. The van der Waals surface area contributed by atoms with Crippen molar-refractivity contribution in [2.24, 2.45) is 5.16 Å². The molecule has 26 heavy (non-hydrogen) atoms. The SMILES string of the molecule is Cc1ccc(C2=NO[C@@H]3[C@@H](C)c4ccccc4[C@]23N2CCOCC2)cc1. The normalized spacial score (nSPS) is 30.5. The van der Waals surface area contributed by atoms with Crippen molar-refractivity contribution in [2.75, 3.05) is 26.3 Å². The molecule has 2 aromatic carbocycles. The van der Waals surface area contributed by atoms with Gasteiger partial charge in [-0.05, 0) is 18.1 Å². The van der Waals surface area contributed by atoms with Crippen molar-refractivity contribution in [3.05, 3.63) is 70.8 Å². The molecule has 0 bridgehead atoms. The molecule has 134 valence electrons. The molecule has 0 aromatic heterocycles. The largest absolute Gasteiger partial charge is 0.389 e. The third-order valence-electron chi connectivity index (χ3n) is 6.18. The fourth-order valence-corrected chi connectivity index (χ4v) is 4.93. The maximum absolute atomic E-state index is 6.13. The van der Waals surface area contributed by atoms with Crippen molar-refractivity contribution in [1.29, 1.82) is 0 Å². The van der Waals surface area contributed by atoms with Crippen molar-refractivity contribution in [1.82, 2.24) is 4.90 Å². The quantitative estimate of drug-likeness (QED) is 0.834. The maximum atomic E-state index is 6.13. The Balaban J connectivity index is 1.72. The lowest BCUT2D eigenvalue weighted by atomic mass is 9.79. The number of oxime groups is 1. The molecule has 0 unspecified atom stereocenters. The van der Waals surface area contributed by atoms with Crippen molar-refractivity contribution in [3.8, 4) is 0 Å². The third kappa shape index (κ3) is 2.06. The van der Waals surface area contributed by atoms with E-state index < -0.39 is 0 Å². The summed E-state index contributed by atoms with van der Waals surface area (Å²) < 4.78 is 5.65. The van der Waals surface area contributed by atoms with Crippen LogP contribution in [-0.4, -0.2) is 43.0 Å². The molecule has 3 aliphatic rings. The fourth-order valence-electron chi connectivity index (χ4n) is 4.93. The number of hydrogen-bond donors (Lipinski definition) is 0. The Bertz CT molecular complexity index is 855. The number of aryl methyl sites for hydroxylation is 1. The summed E-state index contributed by atoms with van der Waals surface area (Å²) in [5, 5.41) is 4.65. The van der Waals surface area contributed by atoms with E-state index in [4.69, 9.17) is 9.57 Å². The van der Waals surface area contributed by atoms with Gasteiger partial charge in [-0.2, -0.15) is 0 Å². The molecule has 3 atom stereocenters. The summed E-state index contributed by atoms with van der Waals surface area (Å²) in [4.78, 5) is 8.67. The molecular formula is C22H24N2O2. The molecular weight excluding hydrogens is 324 g/mol. The van der Waals surface area contributed by atoms with Gasteiger partial charge >= 0.3 is 0 Å². The number of nitrogens with zero attached hydrogens (tertiary/aromatic N) is 2. The Morgan fingerprint density at radius 1 is 1.04 bits per heavy atom.